The smallest absolute Gasteiger partial charge is 0.307 e. The van der Waals surface area contributed by atoms with Gasteiger partial charge in [-0.05, 0) is 38.0 Å². The van der Waals surface area contributed by atoms with Crippen molar-refractivity contribution in [3.63, 3.8) is 0 Å². The maximum absolute atomic E-state index is 12.0. The van der Waals surface area contributed by atoms with E-state index in [4.69, 9.17) is 0 Å². The average Bonchev–Trinajstić information content (AvgIpc) is 2.32. The van der Waals surface area contributed by atoms with Crippen molar-refractivity contribution < 1.29 is 14.3 Å². The maximum Gasteiger partial charge on any atom is 0.307 e. The van der Waals surface area contributed by atoms with Gasteiger partial charge in [0.15, 0.2) is 0 Å². The van der Waals surface area contributed by atoms with Crippen molar-refractivity contribution in [2.24, 2.45) is 0 Å². The molecule has 0 bridgehead atoms. The summed E-state index contributed by atoms with van der Waals surface area (Å²) >= 11 is 0. The lowest BCUT2D eigenvalue weighted by molar-refractivity contribution is -0.141. The first-order valence-electron chi connectivity index (χ1n) is 5.89. The second kappa shape index (κ2) is 6.19. The lowest BCUT2D eigenvalue weighted by atomic mass is 10.0. The molecule has 0 aromatic heterocycles. The standard InChI is InChI=1S/C14H19NO3/c1-9-6-5-7-12(11(9)3)14(17)15-10(2)8-13(16)18-4/h5-7,10H,8H2,1-4H3,(H,15,17). The number of aryl methyl sites for hydroxylation is 1. The highest BCUT2D eigenvalue weighted by atomic mass is 16.5. The third-order valence-electron chi connectivity index (χ3n) is 2.93. The third kappa shape index (κ3) is 3.58. The molecule has 1 aromatic rings. The molecule has 1 amide bonds. The molecule has 1 aromatic carbocycles. The Morgan fingerprint density at radius 2 is 2.00 bits per heavy atom. The summed E-state index contributed by atoms with van der Waals surface area (Å²) in [7, 11) is 1.33. The summed E-state index contributed by atoms with van der Waals surface area (Å²) in [6.07, 6.45) is 0.174. The van der Waals surface area contributed by atoms with Crippen molar-refractivity contribution in [2.75, 3.05) is 7.11 Å². The first kappa shape index (κ1) is 14.2. The topological polar surface area (TPSA) is 55.4 Å². The molecule has 0 spiro atoms. The zero-order valence-corrected chi connectivity index (χ0v) is 11.2. The van der Waals surface area contributed by atoms with E-state index in [2.05, 4.69) is 10.1 Å². The van der Waals surface area contributed by atoms with E-state index in [0.717, 1.165) is 11.1 Å². The molecule has 0 saturated heterocycles. The number of esters is 1. The Bertz CT molecular complexity index is 454. The highest BCUT2D eigenvalue weighted by Crippen LogP contribution is 2.12. The predicted molar refractivity (Wildman–Crippen MR) is 69.5 cm³/mol. The quantitative estimate of drug-likeness (QED) is 0.830. The fraction of sp³-hybridized carbons (Fsp3) is 0.429. The van der Waals surface area contributed by atoms with Crippen LogP contribution in [-0.2, 0) is 9.53 Å². The number of ether oxygens (including phenoxy) is 1. The van der Waals surface area contributed by atoms with E-state index in [1.807, 2.05) is 26.0 Å². The molecule has 98 valence electrons. The summed E-state index contributed by atoms with van der Waals surface area (Å²) in [4.78, 5) is 23.1. The molecule has 0 aliphatic carbocycles. The normalized spacial score (nSPS) is 11.8. The fourth-order valence-electron chi connectivity index (χ4n) is 1.68. The number of benzene rings is 1. The number of methoxy groups -OCH3 is 1. The molecule has 0 heterocycles. The Morgan fingerprint density at radius 3 is 2.61 bits per heavy atom. The van der Waals surface area contributed by atoms with Gasteiger partial charge in [-0.2, -0.15) is 0 Å². The van der Waals surface area contributed by atoms with Crippen molar-refractivity contribution in [1.82, 2.24) is 5.32 Å². The first-order chi connectivity index (χ1) is 8.45. The van der Waals surface area contributed by atoms with Crippen LogP contribution in [0.5, 0.6) is 0 Å². The van der Waals surface area contributed by atoms with E-state index in [1.165, 1.54) is 7.11 Å². The van der Waals surface area contributed by atoms with Gasteiger partial charge in [0.25, 0.3) is 5.91 Å². The Labute approximate surface area is 107 Å². The number of carbonyl (C=O) groups is 2. The van der Waals surface area contributed by atoms with Gasteiger partial charge >= 0.3 is 5.97 Å². The van der Waals surface area contributed by atoms with Gasteiger partial charge in [-0.1, -0.05) is 12.1 Å². The summed E-state index contributed by atoms with van der Waals surface area (Å²) in [5.41, 5.74) is 2.68. The van der Waals surface area contributed by atoms with Crippen LogP contribution in [0.25, 0.3) is 0 Å². The number of amides is 1. The van der Waals surface area contributed by atoms with Gasteiger partial charge in [0, 0.05) is 11.6 Å². The van der Waals surface area contributed by atoms with E-state index in [9.17, 15) is 9.59 Å². The van der Waals surface area contributed by atoms with E-state index >= 15 is 0 Å². The van der Waals surface area contributed by atoms with Crippen molar-refractivity contribution in [1.29, 1.82) is 0 Å². The van der Waals surface area contributed by atoms with Crippen LogP contribution in [0.4, 0.5) is 0 Å². The Balaban J connectivity index is 2.71. The average molecular weight is 249 g/mol. The lowest BCUT2D eigenvalue weighted by Crippen LogP contribution is -2.34. The summed E-state index contributed by atoms with van der Waals surface area (Å²) in [5.74, 6) is -0.489. The summed E-state index contributed by atoms with van der Waals surface area (Å²) in [5, 5.41) is 2.79. The van der Waals surface area contributed by atoms with E-state index in [0.29, 0.717) is 5.56 Å². The second-order valence-electron chi connectivity index (χ2n) is 4.40. The number of rotatable bonds is 4. The molecule has 0 radical (unpaired) electrons. The SMILES string of the molecule is COC(=O)CC(C)NC(=O)c1cccc(C)c1C. The molecule has 1 N–H and O–H groups in total. The minimum atomic E-state index is -0.330. The van der Waals surface area contributed by atoms with Gasteiger partial charge in [-0.3, -0.25) is 9.59 Å². The Kier molecular flexibility index (Phi) is 4.89. The molecule has 0 aliphatic rings. The molecule has 0 fully saturated rings. The van der Waals surface area contributed by atoms with Gasteiger partial charge < -0.3 is 10.1 Å². The monoisotopic (exact) mass is 249 g/mol. The van der Waals surface area contributed by atoms with Crippen molar-refractivity contribution >= 4 is 11.9 Å². The molecule has 0 aliphatic heterocycles. The molecule has 1 atom stereocenters. The minimum Gasteiger partial charge on any atom is -0.469 e. The Morgan fingerprint density at radius 1 is 1.33 bits per heavy atom. The molecular formula is C14H19NO3. The van der Waals surface area contributed by atoms with Crippen LogP contribution in [-0.4, -0.2) is 25.0 Å². The van der Waals surface area contributed by atoms with Crippen LogP contribution in [0.1, 0.15) is 34.8 Å². The van der Waals surface area contributed by atoms with Gasteiger partial charge in [0.05, 0.1) is 13.5 Å². The highest BCUT2D eigenvalue weighted by Gasteiger charge is 2.15. The van der Waals surface area contributed by atoms with Crippen molar-refractivity contribution in [3.8, 4) is 0 Å². The molecule has 0 saturated carbocycles. The van der Waals surface area contributed by atoms with E-state index in [1.54, 1.807) is 13.0 Å². The van der Waals surface area contributed by atoms with Crippen molar-refractivity contribution in [3.05, 3.63) is 34.9 Å². The number of hydrogen-bond acceptors (Lipinski definition) is 3. The summed E-state index contributed by atoms with van der Waals surface area (Å²) in [6.45, 7) is 5.65. The molecular weight excluding hydrogens is 230 g/mol. The first-order valence-corrected chi connectivity index (χ1v) is 5.89. The fourth-order valence-corrected chi connectivity index (χ4v) is 1.68. The molecule has 1 unspecified atom stereocenters. The summed E-state index contributed by atoms with van der Waals surface area (Å²) in [6, 6.07) is 5.35. The van der Waals surface area contributed by atoms with E-state index in [-0.39, 0.29) is 24.3 Å². The van der Waals surface area contributed by atoms with E-state index < -0.39 is 0 Å². The third-order valence-corrected chi connectivity index (χ3v) is 2.93. The van der Waals surface area contributed by atoms with Crippen molar-refractivity contribution in [2.45, 2.75) is 33.2 Å². The molecule has 4 heteroatoms. The Hall–Kier alpha value is -1.84. The molecule has 1 rings (SSSR count). The predicted octanol–water partition coefficient (Wildman–Crippen LogP) is 1.98. The second-order valence-corrected chi connectivity index (χ2v) is 4.40. The minimum absolute atomic E-state index is 0.160. The van der Waals surface area contributed by atoms with Gasteiger partial charge in [0.1, 0.15) is 0 Å². The van der Waals surface area contributed by atoms with Crippen LogP contribution in [0.15, 0.2) is 18.2 Å². The molecule has 4 nitrogen and oxygen atoms in total. The maximum atomic E-state index is 12.0. The lowest BCUT2D eigenvalue weighted by Gasteiger charge is -2.14. The van der Waals surface area contributed by atoms with Crippen LogP contribution >= 0.6 is 0 Å². The van der Waals surface area contributed by atoms with Crippen LogP contribution in [0.3, 0.4) is 0 Å². The zero-order valence-electron chi connectivity index (χ0n) is 11.2. The van der Waals surface area contributed by atoms with Crippen LogP contribution in [0, 0.1) is 13.8 Å². The van der Waals surface area contributed by atoms with Gasteiger partial charge in [0.2, 0.25) is 0 Å². The zero-order chi connectivity index (χ0) is 13.7. The summed E-state index contributed by atoms with van der Waals surface area (Å²) < 4.78 is 4.56. The largest absolute Gasteiger partial charge is 0.469 e. The highest BCUT2D eigenvalue weighted by molar-refractivity contribution is 5.96. The van der Waals surface area contributed by atoms with Gasteiger partial charge in [-0.25, -0.2) is 0 Å². The van der Waals surface area contributed by atoms with Crippen LogP contribution in [0.2, 0.25) is 0 Å². The van der Waals surface area contributed by atoms with Gasteiger partial charge in [-0.15, -0.1) is 0 Å². The van der Waals surface area contributed by atoms with Crippen LogP contribution < -0.4 is 5.32 Å². The number of nitrogens with one attached hydrogen (secondary N) is 1. The number of hydrogen-bond donors (Lipinski definition) is 1. The number of carbonyl (C=O) groups excluding carboxylic acids is 2. The molecule has 18 heavy (non-hydrogen) atoms.